The molecule has 2 aromatic rings. The third-order valence-corrected chi connectivity index (χ3v) is 2.18. The maximum atomic E-state index is 11.1. The summed E-state index contributed by atoms with van der Waals surface area (Å²) in [5, 5.41) is 2.01. The maximum absolute atomic E-state index is 11.1. The number of hydrogen-bond donors (Lipinski definition) is 0. The van der Waals surface area contributed by atoms with Crippen LogP contribution in [0.1, 0.15) is 6.42 Å². The molecule has 1 radical (unpaired) electrons. The van der Waals surface area contributed by atoms with Gasteiger partial charge in [0, 0.05) is 11.8 Å². The first kappa shape index (κ1) is 9.71. The van der Waals surface area contributed by atoms with Crippen LogP contribution in [0.3, 0.4) is 0 Å². The molecule has 15 heavy (non-hydrogen) atoms. The van der Waals surface area contributed by atoms with Crippen LogP contribution in [0.2, 0.25) is 0 Å². The molecule has 2 heteroatoms. The summed E-state index contributed by atoms with van der Waals surface area (Å²) < 4.78 is 5.18. The smallest absolute Gasteiger partial charge is 0.311 e. The van der Waals surface area contributed by atoms with Crippen LogP contribution in [-0.2, 0) is 4.79 Å². The summed E-state index contributed by atoms with van der Waals surface area (Å²) in [7, 11) is 0. The maximum Gasteiger partial charge on any atom is 0.311 e. The fourth-order valence-electron chi connectivity index (χ4n) is 1.46. The van der Waals surface area contributed by atoms with E-state index in [2.05, 4.69) is 6.92 Å². The van der Waals surface area contributed by atoms with Crippen molar-refractivity contribution in [2.24, 2.45) is 0 Å². The summed E-state index contributed by atoms with van der Waals surface area (Å²) in [6.45, 7) is 3.49. The van der Waals surface area contributed by atoms with Gasteiger partial charge in [-0.1, -0.05) is 36.4 Å². The Kier molecular flexibility index (Phi) is 2.68. The summed E-state index contributed by atoms with van der Waals surface area (Å²) in [5.41, 5.74) is 0. The average molecular weight is 199 g/mol. The van der Waals surface area contributed by atoms with Crippen LogP contribution < -0.4 is 4.74 Å². The molecule has 0 aliphatic heterocycles. The molecular formula is C13H11O2. The van der Waals surface area contributed by atoms with Crippen molar-refractivity contribution >= 4 is 16.7 Å². The lowest BCUT2D eigenvalue weighted by Crippen LogP contribution is -2.05. The molecule has 2 rings (SSSR count). The van der Waals surface area contributed by atoms with Crippen molar-refractivity contribution < 1.29 is 9.53 Å². The van der Waals surface area contributed by atoms with Gasteiger partial charge in [-0.2, -0.15) is 0 Å². The molecule has 2 aromatic carbocycles. The van der Waals surface area contributed by atoms with Crippen LogP contribution in [0.15, 0.2) is 42.5 Å². The monoisotopic (exact) mass is 199 g/mol. The minimum absolute atomic E-state index is 0.142. The molecule has 0 aliphatic rings. The molecule has 0 saturated heterocycles. The van der Waals surface area contributed by atoms with E-state index in [0.29, 0.717) is 5.75 Å². The lowest BCUT2D eigenvalue weighted by molar-refractivity contribution is -0.133. The highest BCUT2D eigenvalue weighted by molar-refractivity contribution is 5.90. The number of carbonyl (C=O) groups is 1. The Bertz CT molecular complexity index is 483. The molecule has 0 bridgehead atoms. The van der Waals surface area contributed by atoms with Gasteiger partial charge in [0.1, 0.15) is 5.75 Å². The standard InChI is InChI=1S/C13H11O2/c1-2-13(14)15-12-9-5-7-10-6-3-4-8-11(10)12/h3-9H,1-2H2. The first-order valence-corrected chi connectivity index (χ1v) is 4.79. The third kappa shape index (κ3) is 1.99. The molecule has 0 amide bonds. The van der Waals surface area contributed by atoms with Gasteiger partial charge in [0.05, 0.1) is 0 Å². The first-order chi connectivity index (χ1) is 7.31. The first-order valence-electron chi connectivity index (χ1n) is 4.79. The van der Waals surface area contributed by atoms with Crippen LogP contribution in [0.25, 0.3) is 10.8 Å². The van der Waals surface area contributed by atoms with Crippen LogP contribution in [0.4, 0.5) is 0 Å². The fourth-order valence-corrected chi connectivity index (χ4v) is 1.46. The number of carbonyl (C=O) groups excluding carboxylic acids is 1. The van der Waals surface area contributed by atoms with Crippen molar-refractivity contribution in [1.82, 2.24) is 0 Å². The molecule has 2 nitrogen and oxygen atoms in total. The van der Waals surface area contributed by atoms with E-state index in [1.807, 2.05) is 36.4 Å². The Morgan fingerprint density at radius 1 is 1.13 bits per heavy atom. The molecule has 0 aromatic heterocycles. The number of ether oxygens (including phenoxy) is 1. The third-order valence-electron chi connectivity index (χ3n) is 2.18. The van der Waals surface area contributed by atoms with Crippen molar-refractivity contribution in [3.8, 4) is 5.75 Å². The van der Waals surface area contributed by atoms with E-state index in [1.165, 1.54) is 0 Å². The summed E-state index contributed by atoms with van der Waals surface area (Å²) in [5.74, 6) is 0.285. The highest BCUT2D eigenvalue weighted by atomic mass is 16.5. The number of esters is 1. The van der Waals surface area contributed by atoms with Gasteiger partial charge in [-0.3, -0.25) is 4.79 Å². The minimum atomic E-state index is -0.314. The van der Waals surface area contributed by atoms with Gasteiger partial charge in [-0.25, -0.2) is 0 Å². The zero-order chi connectivity index (χ0) is 10.7. The van der Waals surface area contributed by atoms with Gasteiger partial charge in [-0.15, -0.1) is 0 Å². The summed E-state index contributed by atoms with van der Waals surface area (Å²) in [6.07, 6.45) is 0.142. The molecule has 0 unspecified atom stereocenters. The van der Waals surface area contributed by atoms with E-state index in [4.69, 9.17) is 4.74 Å². The SMILES string of the molecule is [CH2]CC(=O)Oc1cccc2ccccc12. The van der Waals surface area contributed by atoms with E-state index in [0.717, 1.165) is 10.8 Å². The van der Waals surface area contributed by atoms with Crippen LogP contribution in [0, 0.1) is 6.92 Å². The van der Waals surface area contributed by atoms with Gasteiger partial charge in [-0.05, 0) is 18.4 Å². The zero-order valence-corrected chi connectivity index (χ0v) is 8.27. The molecule has 0 heterocycles. The van der Waals surface area contributed by atoms with Crippen molar-refractivity contribution in [1.29, 1.82) is 0 Å². The summed E-state index contributed by atoms with van der Waals surface area (Å²) in [4.78, 5) is 11.1. The molecule has 0 saturated carbocycles. The quantitative estimate of drug-likeness (QED) is 0.549. The normalized spacial score (nSPS) is 10.2. The molecule has 0 fully saturated rings. The van der Waals surface area contributed by atoms with Crippen molar-refractivity contribution in [2.75, 3.05) is 0 Å². The van der Waals surface area contributed by atoms with Crippen molar-refractivity contribution in [3.63, 3.8) is 0 Å². The van der Waals surface area contributed by atoms with E-state index >= 15 is 0 Å². The number of benzene rings is 2. The Balaban J connectivity index is 2.46. The van der Waals surface area contributed by atoms with Crippen molar-refractivity contribution in [2.45, 2.75) is 6.42 Å². The lowest BCUT2D eigenvalue weighted by atomic mass is 10.1. The predicted molar refractivity (Wildman–Crippen MR) is 59.6 cm³/mol. The zero-order valence-electron chi connectivity index (χ0n) is 8.27. The van der Waals surface area contributed by atoms with E-state index in [9.17, 15) is 4.79 Å². The number of fused-ring (bicyclic) bond motifs is 1. The lowest BCUT2D eigenvalue weighted by Gasteiger charge is -2.06. The highest BCUT2D eigenvalue weighted by Crippen LogP contribution is 2.25. The minimum Gasteiger partial charge on any atom is -0.426 e. The van der Waals surface area contributed by atoms with Gasteiger partial charge in [0.2, 0.25) is 0 Å². The van der Waals surface area contributed by atoms with Gasteiger partial charge < -0.3 is 4.74 Å². The number of rotatable bonds is 2. The predicted octanol–water partition coefficient (Wildman–Crippen LogP) is 2.97. The van der Waals surface area contributed by atoms with Crippen LogP contribution in [-0.4, -0.2) is 5.97 Å². The van der Waals surface area contributed by atoms with Gasteiger partial charge in [0.15, 0.2) is 0 Å². The van der Waals surface area contributed by atoms with E-state index in [-0.39, 0.29) is 12.4 Å². The second kappa shape index (κ2) is 4.13. The molecule has 75 valence electrons. The number of hydrogen-bond acceptors (Lipinski definition) is 2. The second-order valence-electron chi connectivity index (χ2n) is 3.20. The molecule has 0 spiro atoms. The fraction of sp³-hybridized carbons (Fsp3) is 0.0769. The molecule has 0 aliphatic carbocycles. The van der Waals surface area contributed by atoms with Crippen molar-refractivity contribution in [3.05, 3.63) is 49.4 Å². The second-order valence-corrected chi connectivity index (χ2v) is 3.20. The van der Waals surface area contributed by atoms with Gasteiger partial charge in [0.25, 0.3) is 0 Å². The van der Waals surface area contributed by atoms with E-state index in [1.54, 1.807) is 6.07 Å². The van der Waals surface area contributed by atoms with Crippen LogP contribution >= 0.6 is 0 Å². The Labute approximate surface area is 88.5 Å². The molecular weight excluding hydrogens is 188 g/mol. The average Bonchev–Trinajstić information content (AvgIpc) is 2.29. The summed E-state index contributed by atoms with van der Waals surface area (Å²) >= 11 is 0. The largest absolute Gasteiger partial charge is 0.426 e. The molecule has 0 N–H and O–H groups in total. The topological polar surface area (TPSA) is 26.3 Å². The Morgan fingerprint density at radius 2 is 1.87 bits per heavy atom. The Hall–Kier alpha value is -1.83. The van der Waals surface area contributed by atoms with E-state index < -0.39 is 0 Å². The Morgan fingerprint density at radius 3 is 2.67 bits per heavy atom. The van der Waals surface area contributed by atoms with Gasteiger partial charge >= 0.3 is 5.97 Å². The highest BCUT2D eigenvalue weighted by Gasteiger charge is 2.04. The molecule has 0 atom stereocenters. The van der Waals surface area contributed by atoms with Crippen LogP contribution in [0.5, 0.6) is 5.75 Å². The summed E-state index contributed by atoms with van der Waals surface area (Å²) in [6, 6.07) is 13.4.